The summed E-state index contributed by atoms with van der Waals surface area (Å²) in [5.41, 5.74) is 3.33. The first-order valence-corrected chi connectivity index (χ1v) is 9.68. The maximum atomic E-state index is 13.3. The van der Waals surface area contributed by atoms with Crippen molar-refractivity contribution in [3.05, 3.63) is 86.6 Å². The van der Waals surface area contributed by atoms with Gasteiger partial charge in [0.15, 0.2) is 11.5 Å². The third-order valence-corrected chi connectivity index (χ3v) is 5.04. The number of rotatable bonds is 6. The van der Waals surface area contributed by atoms with Crippen LogP contribution in [-0.4, -0.2) is 13.3 Å². The summed E-state index contributed by atoms with van der Waals surface area (Å²) in [5.74, 6) is 0.798. The Hall–Kier alpha value is -2.37. The lowest BCUT2D eigenvalue weighted by Gasteiger charge is -2.13. The van der Waals surface area contributed by atoms with Gasteiger partial charge in [-0.25, -0.2) is 4.39 Å². The number of nitrogens with zero attached hydrogens (tertiary/aromatic N) is 1. The Morgan fingerprint density at radius 3 is 2.68 bits per heavy atom. The molecule has 3 aromatic carbocycles. The Morgan fingerprint density at radius 2 is 1.96 bits per heavy atom. The van der Waals surface area contributed by atoms with Crippen molar-refractivity contribution in [3.63, 3.8) is 0 Å². The molecule has 0 aliphatic heterocycles. The molecule has 3 aromatic rings. The van der Waals surface area contributed by atoms with E-state index < -0.39 is 0 Å². The number of ether oxygens (including phenoxy) is 2. The molecule has 0 bridgehead atoms. The standard InChI is InChI=1S/C22H18BrClFNO2/c1-14-6-7-18(11-20(14)24)26-12-16-9-19(23)22(21(10-16)27-2)28-13-15-4-3-5-17(25)8-15/h3-12H,13H2,1-2H3. The minimum absolute atomic E-state index is 0.224. The van der Waals surface area contributed by atoms with Crippen molar-refractivity contribution in [1.29, 1.82) is 0 Å². The molecule has 0 saturated heterocycles. The largest absolute Gasteiger partial charge is 0.493 e. The van der Waals surface area contributed by atoms with Crippen LogP contribution in [0.2, 0.25) is 5.02 Å². The monoisotopic (exact) mass is 461 g/mol. The fourth-order valence-electron chi connectivity index (χ4n) is 2.55. The summed E-state index contributed by atoms with van der Waals surface area (Å²) >= 11 is 9.66. The van der Waals surface area contributed by atoms with Gasteiger partial charge in [-0.05, 0) is 75.9 Å². The summed E-state index contributed by atoms with van der Waals surface area (Å²) in [6, 6.07) is 15.6. The van der Waals surface area contributed by atoms with E-state index in [2.05, 4.69) is 20.9 Å². The number of aliphatic imine (C=N–C) groups is 1. The van der Waals surface area contributed by atoms with Crippen LogP contribution in [0.4, 0.5) is 10.1 Å². The molecule has 6 heteroatoms. The molecule has 0 aliphatic rings. The lowest BCUT2D eigenvalue weighted by atomic mass is 10.2. The van der Waals surface area contributed by atoms with Gasteiger partial charge >= 0.3 is 0 Å². The molecule has 0 spiro atoms. The SMILES string of the molecule is COc1cc(C=Nc2ccc(C)c(Cl)c2)cc(Br)c1OCc1cccc(F)c1. The highest BCUT2D eigenvalue weighted by Crippen LogP contribution is 2.37. The second kappa shape index (κ2) is 9.22. The van der Waals surface area contributed by atoms with E-state index in [1.165, 1.54) is 12.1 Å². The lowest BCUT2D eigenvalue weighted by Crippen LogP contribution is -2.00. The first kappa shape index (κ1) is 20.4. The quantitative estimate of drug-likeness (QED) is 0.374. The van der Waals surface area contributed by atoms with Gasteiger partial charge < -0.3 is 9.47 Å². The van der Waals surface area contributed by atoms with E-state index in [-0.39, 0.29) is 12.4 Å². The van der Waals surface area contributed by atoms with Crippen LogP contribution in [0.1, 0.15) is 16.7 Å². The summed E-state index contributed by atoms with van der Waals surface area (Å²) in [6.45, 7) is 2.17. The fraction of sp³-hybridized carbons (Fsp3) is 0.136. The molecule has 0 aliphatic carbocycles. The Kier molecular flexibility index (Phi) is 6.70. The van der Waals surface area contributed by atoms with Crippen molar-refractivity contribution in [2.45, 2.75) is 13.5 Å². The summed E-state index contributed by atoms with van der Waals surface area (Å²) < 4.78 is 25.3. The zero-order valence-electron chi connectivity index (χ0n) is 15.4. The van der Waals surface area contributed by atoms with Crippen molar-refractivity contribution >= 4 is 39.4 Å². The Bertz CT molecular complexity index is 1020. The van der Waals surface area contributed by atoms with Gasteiger partial charge in [0.05, 0.1) is 17.3 Å². The van der Waals surface area contributed by atoms with E-state index in [1.807, 2.05) is 37.3 Å². The van der Waals surface area contributed by atoms with Crippen molar-refractivity contribution in [2.24, 2.45) is 4.99 Å². The molecule has 3 rings (SSSR count). The minimum atomic E-state index is -0.296. The molecule has 0 amide bonds. The van der Waals surface area contributed by atoms with E-state index in [9.17, 15) is 4.39 Å². The average Bonchev–Trinajstić information content (AvgIpc) is 2.67. The van der Waals surface area contributed by atoms with Crippen molar-refractivity contribution in [3.8, 4) is 11.5 Å². The highest BCUT2D eigenvalue weighted by Gasteiger charge is 2.12. The normalized spacial score (nSPS) is 11.0. The average molecular weight is 463 g/mol. The molecular weight excluding hydrogens is 445 g/mol. The smallest absolute Gasteiger partial charge is 0.175 e. The summed E-state index contributed by atoms with van der Waals surface area (Å²) in [7, 11) is 1.57. The zero-order chi connectivity index (χ0) is 20.1. The minimum Gasteiger partial charge on any atom is -0.493 e. The molecule has 144 valence electrons. The van der Waals surface area contributed by atoms with Crippen LogP contribution >= 0.6 is 27.5 Å². The Balaban J connectivity index is 1.80. The van der Waals surface area contributed by atoms with Gasteiger partial charge in [0.1, 0.15) is 12.4 Å². The zero-order valence-corrected chi connectivity index (χ0v) is 17.7. The van der Waals surface area contributed by atoms with Gasteiger partial charge in [0.25, 0.3) is 0 Å². The van der Waals surface area contributed by atoms with E-state index in [0.717, 1.165) is 22.4 Å². The van der Waals surface area contributed by atoms with E-state index in [4.69, 9.17) is 21.1 Å². The molecule has 0 aromatic heterocycles. The molecule has 0 fully saturated rings. The van der Waals surface area contributed by atoms with E-state index in [1.54, 1.807) is 25.5 Å². The molecule has 28 heavy (non-hydrogen) atoms. The van der Waals surface area contributed by atoms with Crippen LogP contribution in [0.15, 0.2) is 64.1 Å². The second-order valence-corrected chi connectivity index (χ2v) is 7.41. The fourth-order valence-corrected chi connectivity index (χ4v) is 3.30. The van der Waals surface area contributed by atoms with Gasteiger partial charge in [-0.15, -0.1) is 0 Å². The molecule has 3 nitrogen and oxygen atoms in total. The summed E-state index contributed by atoms with van der Waals surface area (Å²) in [5, 5.41) is 0.675. The second-order valence-electron chi connectivity index (χ2n) is 6.14. The first-order chi connectivity index (χ1) is 13.5. The van der Waals surface area contributed by atoms with Crippen LogP contribution in [-0.2, 0) is 6.61 Å². The highest BCUT2D eigenvalue weighted by atomic mass is 79.9. The van der Waals surface area contributed by atoms with Crippen LogP contribution in [0, 0.1) is 12.7 Å². The lowest BCUT2D eigenvalue weighted by molar-refractivity contribution is 0.282. The highest BCUT2D eigenvalue weighted by molar-refractivity contribution is 9.10. The maximum absolute atomic E-state index is 13.3. The molecule has 0 heterocycles. The van der Waals surface area contributed by atoms with Gasteiger partial charge in [-0.2, -0.15) is 0 Å². The number of aryl methyl sites for hydroxylation is 1. The number of halogens is 3. The van der Waals surface area contributed by atoms with Crippen LogP contribution in [0.3, 0.4) is 0 Å². The molecule has 0 N–H and O–H groups in total. The number of benzene rings is 3. The Labute approximate surface area is 176 Å². The van der Waals surface area contributed by atoms with Gasteiger partial charge in [0.2, 0.25) is 0 Å². The summed E-state index contributed by atoms with van der Waals surface area (Å²) in [4.78, 5) is 4.46. The first-order valence-electron chi connectivity index (χ1n) is 8.51. The molecule has 0 atom stereocenters. The topological polar surface area (TPSA) is 30.8 Å². The van der Waals surface area contributed by atoms with Crippen molar-refractivity contribution in [2.75, 3.05) is 7.11 Å². The van der Waals surface area contributed by atoms with Crippen molar-refractivity contribution in [1.82, 2.24) is 0 Å². The van der Waals surface area contributed by atoms with Crippen molar-refractivity contribution < 1.29 is 13.9 Å². The number of hydrogen-bond acceptors (Lipinski definition) is 3. The molecule has 0 saturated carbocycles. The Morgan fingerprint density at radius 1 is 1.14 bits per heavy atom. The maximum Gasteiger partial charge on any atom is 0.175 e. The number of hydrogen-bond donors (Lipinski definition) is 0. The predicted octanol–water partition coefficient (Wildman–Crippen LogP) is 6.89. The molecule has 0 unspecified atom stereocenters. The number of methoxy groups -OCH3 is 1. The third kappa shape index (κ3) is 5.12. The predicted molar refractivity (Wildman–Crippen MR) is 115 cm³/mol. The van der Waals surface area contributed by atoms with Gasteiger partial charge in [0, 0.05) is 11.2 Å². The van der Waals surface area contributed by atoms with Gasteiger partial charge in [-0.3, -0.25) is 4.99 Å². The van der Waals surface area contributed by atoms with E-state index in [0.29, 0.717) is 21.0 Å². The van der Waals surface area contributed by atoms with E-state index >= 15 is 0 Å². The molecule has 0 radical (unpaired) electrons. The van der Waals surface area contributed by atoms with Crippen LogP contribution in [0.5, 0.6) is 11.5 Å². The summed E-state index contributed by atoms with van der Waals surface area (Å²) in [6.07, 6.45) is 1.73. The third-order valence-electron chi connectivity index (χ3n) is 4.04. The van der Waals surface area contributed by atoms with Crippen LogP contribution in [0.25, 0.3) is 0 Å². The molecular formula is C22H18BrClFNO2. The van der Waals surface area contributed by atoms with Gasteiger partial charge in [-0.1, -0.05) is 29.8 Å². The van der Waals surface area contributed by atoms with Crippen LogP contribution < -0.4 is 9.47 Å².